The number of nitrogens with zero attached hydrogens (tertiary/aromatic N) is 1. The van der Waals surface area contributed by atoms with Crippen LogP contribution in [0.15, 0.2) is 24.3 Å². The Balaban J connectivity index is 1.52. The predicted molar refractivity (Wildman–Crippen MR) is 111 cm³/mol. The molecule has 0 bridgehead atoms. The van der Waals surface area contributed by atoms with Crippen molar-refractivity contribution in [3.05, 3.63) is 34.7 Å². The van der Waals surface area contributed by atoms with E-state index < -0.39 is 20.3 Å². The standard InChI is InChI=1S/C20H24FN2O4PS/c1-11-5-7-14-3-2-4-15(20(25)23(11)14)22-19(24)17-10-13-9-12(18(21)28(26)27)6-8-16(13)29-17/h6,8-11,14-15,18,26-27H,2-5,7H2,1H3,(H,22,24)/t11-,14+,15+,18?/m1/s1. The summed E-state index contributed by atoms with van der Waals surface area (Å²) in [7, 11) is -2.71. The van der Waals surface area contributed by atoms with Crippen LogP contribution in [0.3, 0.4) is 0 Å². The minimum atomic E-state index is -2.71. The van der Waals surface area contributed by atoms with Crippen LogP contribution >= 0.6 is 19.7 Å². The van der Waals surface area contributed by atoms with Gasteiger partial charge in [0.2, 0.25) is 14.3 Å². The minimum Gasteiger partial charge on any atom is -0.348 e. The zero-order valence-corrected chi connectivity index (χ0v) is 17.8. The highest BCUT2D eigenvalue weighted by Gasteiger charge is 2.40. The van der Waals surface area contributed by atoms with Gasteiger partial charge in [-0.05, 0) is 68.2 Å². The van der Waals surface area contributed by atoms with Crippen LogP contribution in [-0.4, -0.2) is 44.6 Å². The van der Waals surface area contributed by atoms with E-state index in [1.165, 1.54) is 23.5 Å². The fraction of sp³-hybridized carbons (Fsp3) is 0.500. The average Bonchev–Trinajstić information content (AvgIpc) is 3.24. The lowest BCUT2D eigenvalue weighted by Crippen LogP contribution is -2.50. The van der Waals surface area contributed by atoms with Crippen molar-refractivity contribution in [3.8, 4) is 0 Å². The maximum absolute atomic E-state index is 13.9. The number of alkyl halides is 1. The molecule has 29 heavy (non-hydrogen) atoms. The molecule has 4 rings (SSSR count). The monoisotopic (exact) mass is 438 g/mol. The van der Waals surface area contributed by atoms with Crippen molar-refractivity contribution in [3.63, 3.8) is 0 Å². The highest BCUT2D eigenvalue weighted by molar-refractivity contribution is 7.45. The molecule has 2 amide bonds. The van der Waals surface area contributed by atoms with Gasteiger partial charge in [-0.3, -0.25) is 9.59 Å². The van der Waals surface area contributed by atoms with E-state index in [2.05, 4.69) is 12.2 Å². The highest BCUT2D eigenvalue weighted by Crippen LogP contribution is 2.45. The van der Waals surface area contributed by atoms with Crippen LogP contribution in [0.5, 0.6) is 0 Å². The van der Waals surface area contributed by atoms with Gasteiger partial charge in [0.25, 0.3) is 5.91 Å². The highest BCUT2D eigenvalue weighted by atomic mass is 32.1. The number of amides is 2. The Labute approximate surface area is 173 Å². The third-order valence-corrected chi connectivity index (χ3v) is 7.73. The number of rotatable bonds is 4. The van der Waals surface area contributed by atoms with Crippen LogP contribution < -0.4 is 5.32 Å². The van der Waals surface area contributed by atoms with Gasteiger partial charge in [-0.25, -0.2) is 4.39 Å². The van der Waals surface area contributed by atoms with Crippen molar-refractivity contribution in [2.45, 2.75) is 63.1 Å². The Bertz CT molecular complexity index is 936. The van der Waals surface area contributed by atoms with Crippen molar-refractivity contribution in [2.24, 2.45) is 0 Å². The topological polar surface area (TPSA) is 89.9 Å². The average molecular weight is 438 g/mol. The van der Waals surface area contributed by atoms with Gasteiger partial charge < -0.3 is 20.0 Å². The number of benzene rings is 1. The van der Waals surface area contributed by atoms with Gasteiger partial charge in [0.05, 0.1) is 4.88 Å². The summed E-state index contributed by atoms with van der Waals surface area (Å²) < 4.78 is 14.7. The number of hydrogen-bond acceptors (Lipinski definition) is 5. The molecule has 2 saturated heterocycles. The zero-order chi connectivity index (χ0) is 20.7. The van der Waals surface area contributed by atoms with Crippen molar-refractivity contribution in [1.82, 2.24) is 10.2 Å². The number of nitrogens with one attached hydrogen (secondary N) is 1. The first-order valence-corrected chi connectivity index (χ1v) is 12.0. The molecule has 1 aromatic heterocycles. The van der Waals surface area contributed by atoms with Crippen molar-refractivity contribution < 1.29 is 23.8 Å². The van der Waals surface area contributed by atoms with E-state index in [4.69, 9.17) is 9.79 Å². The second-order valence-corrected chi connectivity index (χ2v) is 10.0. The van der Waals surface area contributed by atoms with E-state index in [1.807, 2.05) is 4.90 Å². The van der Waals surface area contributed by atoms with Gasteiger partial charge in [0.1, 0.15) is 6.04 Å². The van der Waals surface area contributed by atoms with Crippen LogP contribution in [0.4, 0.5) is 4.39 Å². The Morgan fingerprint density at radius 1 is 1.28 bits per heavy atom. The van der Waals surface area contributed by atoms with Gasteiger partial charge in [-0.15, -0.1) is 11.3 Å². The lowest BCUT2D eigenvalue weighted by Gasteiger charge is -2.29. The number of fused-ring (bicyclic) bond motifs is 2. The smallest absolute Gasteiger partial charge is 0.262 e. The fourth-order valence-electron chi connectivity index (χ4n) is 4.43. The Morgan fingerprint density at radius 3 is 2.83 bits per heavy atom. The normalized spacial score (nSPS) is 25.9. The van der Waals surface area contributed by atoms with Gasteiger partial charge in [-0.1, -0.05) is 6.07 Å². The van der Waals surface area contributed by atoms with E-state index >= 15 is 0 Å². The largest absolute Gasteiger partial charge is 0.348 e. The molecule has 2 aromatic rings. The van der Waals surface area contributed by atoms with Gasteiger partial charge in [0.15, 0.2) is 5.91 Å². The molecule has 3 N–H and O–H groups in total. The summed E-state index contributed by atoms with van der Waals surface area (Å²) in [4.78, 5) is 46.4. The maximum Gasteiger partial charge on any atom is 0.262 e. The second-order valence-electron chi connectivity index (χ2n) is 7.85. The van der Waals surface area contributed by atoms with Crippen LogP contribution in [0.1, 0.15) is 60.2 Å². The van der Waals surface area contributed by atoms with Crippen LogP contribution in [-0.2, 0) is 4.79 Å². The first-order chi connectivity index (χ1) is 13.8. The van der Waals surface area contributed by atoms with Crippen LogP contribution in [0, 0.1) is 0 Å². The number of thiophene rings is 1. The first-order valence-electron chi connectivity index (χ1n) is 9.82. The van der Waals surface area contributed by atoms with Gasteiger partial charge in [0, 0.05) is 16.8 Å². The molecule has 1 aromatic carbocycles. The number of halogens is 1. The Morgan fingerprint density at radius 2 is 2.07 bits per heavy atom. The summed E-state index contributed by atoms with van der Waals surface area (Å²) in [6, 6.07) is 6.34. The molecule has 0 aliphatic carbocycles. The Kier molecular flexibility index (Phi) is 5.89. The first kappa shape index (κ1) is 20.7. The molecule has 0 radical (unpaired) electrons. The fourth-order valence-corrected chi connectivity index (χ4v) is 5.81. The summed E-state index contributed by atoms with van der Waals surface area (Å²) in [6.45, 7) is 2.06. The molecule has 3 heterocycles. The van der Waals surface area contributed by atoms with Crippen LogP contribution in [0.25, 0.3) is 10.1 Å². The molecule has 6 nitrogen and oxygen atoms in total. The SMILES string of the molecule is C[C@@H]1CC[C@@H]2CCC[C@H](NC(=O)c3cc4cc(C(F)P(O)O)ccc4s3)C(=O)N21. The number of hydrogen-bond donors (Lipinski definition) is 3. The van der Waals surface area contributed by atoms with E-state index in [-0.39, 0.29) is 23.4 Å². The molecule has 2 aliphatic rings. The third kappa shape index (κ3) is 4.04. The number of carbonyl (C=O) groups excluding carboxylic acids is 2. The summed E-state index contributed by atoms with van der Waals surface area (Å²) in [5.41, 5.74) is 0.173. The minimum absolute atomic E-state index is 0.00812. The summed E-state index contributed by atoms with van der Waals surface area (Å²) in [6.07, 6.45) is 4.57. The molecular weight excluding hydrogens is 414 g/mol. The molecule has 2 fully saturated rings. The molecule has 0 spiro atoms. The molecular formula is C20H24FN2O4PS. The Hall–Kier alpha value is -1.60. The van der Waals surface area contributed by atoms with E-state index in [0.29, 0.717) is 22.7 Å². The lowest BCUT2D eigenvalue weighted by molar-refractivity contribution is -0.135. The molecule has 2 aliphatic heterocycles. The molecule has 0 saturated carbocycles. The van der Waals surface area contributed by atoms with Crippen LogP contribution in [0.2, 0.25) is 0 Å². The number of carbonyl (C=O) groups is 2. The molecule has 1 unspecified atom stereocenters. The van der Waals surface area contributed by atoms with Crippen molar-refractivity contribution >= 4 is 41.6 Å². The lowest BCUT2D eigenvalue weighted by atomic mass is 10.1. The summed E-state index contributed by atoms with van der Waals surface area (Å²) >= 11 is 1.27. The van der Waals surface area contributed by atoms with Crippen molar-refractivity contribution in [2.75, 3.05) is 0 Å². The summed E-state index contributed by atoms with van der Waals surface area (Å²) in [5, 5.41) is 3.57. The quantitative estimate of drug-likeness (QED) is 0.633. The van der Waals surface area contributed by atoms with E-state index in [1.54, 1.807) is 12.1 Å². The van der Waals surface area contributed by atoms with Crippen molar-refractivity contribution in [1.29, 1.82) is 0 Å². The molecule has 156 valence electrons. The molecule has 9 heteroatoms. The second kappa shape index (κ2) is 8.26. The molecule has 4 atom stereocenters. The summed E-state index contributed by atoms with van der Waals surface area (Å²) in [5.74, 6) is -2.14. The van der Waals surface area contributed by atoms with Gasteiger partial charge >= 0.3 is 0 Å². The zero-order valence-electron chi connectivity index (χ0n) is 16.0. The van der Waals surface area contributed by atoms with Gasteiger partial charge in [-0.2, -0.15) is 0 Å². The predicted octanol–water partition coefficient (Wildman–Crippen LogP) is 3.83. The maximum atomic E-state index is 13.9. The van der Waals surface area contributed by atoms with E-state index in [9.17, 15) is 14.0 Å². The van der Waals surface area contributed by atoms with E-state index in [0.717, 1.165) is 30.4 Å². The third-order valence-electron chi connectivity index (χ3n) is 5.92.